The van der Waals surface area contributed by atoms with E-state index in [9.17, 15) is 9.18 Å². The first-order chi connectivity index (χ1) is 14.0. The molecule has 0 spiro atoms. The van der Waals surface area contributed by atoms with Crippen molar-refractivity contribution in [3.8, 4) is 0 Å². The topological polar surface area (TPSA) is 72.1 Å². The molecule has 0 saturated carbocycles. The van der Waals surface area contributed by atoms with Crippen LogP contribution in [0.5, 0.6) is 0 Å². The minimum atomic E-state index is -0.238. The van der Waals surface area contributed by atoms with E-state index in [1.165, 1.54) is 18.3 Å². The lowest BCUT2D eigenvalue weighted by Crippen LogP contribution is -2.31. The third kappa shape index (κ3) is 4.26. The molecule has 1 atom stereocenters. The van der Waals surface area contributed by atoms with E-state index in [0.29, 0.717) is 24.3 Å². The summed E-state index contributed by atoms with van der Waals surface area (Å²) >= 11 is 0. The molecule has 2 aromatic heterocycles. The van der Waals surface area contributed by atoms with E-state index in [1.54, 1.807) is 24.3 Å². The number of nitrogens with two attached hydrogens (primary N) is 1. The van der Waals surface area contributed by atoms with E-state index in [0.717, 1.165) is 35.4 Å². The van der Waals surface area contributed by atoms with Crippen LogP contribution in [0.2, 0.25) is 0 Å². The van der Waals surface area contributed by atoms with Gasteiger partial charge in [-0.15, -0.1) is 0 Å². The van der Waals surface area contributed by atoms with Gasteiger partial charge in [0, 0.05) is 18.4 Å². The van der Waals surface area contributed by atoms with Gasteiger partial charge in [-0.3, -0.25) is 9.78 Å². The van der Waals surface area contributed by atoms with E-state index in [1.807, 2.05) is 17.9 Å². The zero-order valence-corrected chi connectivity index (χ0v) is 16.3. The van der Waals surface area contributed by atoms with Crippen molar-refractivity contribution in [1.29, 1.82) is 0 Å². The molecular formula is C23H23FN4O. The van der Waals surface area contributed by atoms with Gasteiger partial charge in [0.15, 0.2) is 0 Å². The van der Waals surface area contributed by atoms with E-state index < -0.39 is 0 Å². The van der Waals surface area contributed by atoms with Crippen LogP contribution >= 0.6 is 0 Å². The summed E-state index contributed by atoms with van der Waals surface area (Å²) in [5.41, 5.74) is 10.1. The quantitative estimate of drug-likeness (QED) is 0.729. The Balaban J connectivity index is 1.59. The summed E-state index contributed by atoms with van der Waals surface area (Å²) in [5, 5.41) is 0. The van der Waals surface area contributed by atoms with E-state index >= 15 is 0 Å². The molecule has 1 unspecified atom stereocenters. The molecule has 2 N–H and O–H groups in total. The lowest BCUT2D eigenvalue weighted by atomic mass is 10.0. The number of aryl methyl sites for hydroxylation is 1. The Labute approximate surface area is 169 Å². The molecular weight excluding hydrogens is 367 g/mol. The predicted octanol–water partition coefficient (Wildman–Crippen LogP) is 4.07. The van der Waals surface area contributed by atoms with E-state index in [4.69, 9.17) is 10.7 Å². The number of nitrogen functional groups attached to an aromatic ring is 1. The average Bonchev–Trinajstić information content (AvgIpc) is 3.19. The third-order valence-electron chi connectivity index (χ3n) is 5.24. The lowest BCUT2D eigenvalue weighted by Gasteiger charge is -2.25. The van der Waals surface area contributed by atoms with Gasteiger partial charge in [-0.1, -0.05) is 12.1 Å². The molecule has 3 heterocycles. The zero-order chi connectivity index (χ0) is 20.4. The highest BCUT2D eigenvalue weighted by Gasteiger charge is 2.32. The predicted molar refractivity (Wildman–Crippen MR) is 110 cm³/mol. The first-order valence-corrected chi connectivity index (χ1v) is 9.74. The molecule has 1 aliphatic rings. The average molecular weight is 390 g/mol. The molecule has 6 heteroatoms. The minimum Gasteiger partial charge on any atom is -0.384 e. The monoisotopic (exact) mass is 390 g/mol. The van der Waals surface area contributed by atoms with Crippen LogP contribution < -0.4 is 5.73 Å². The molecule has 148 valence electrons. The summed E-state index contributed by atoms with van der Waals surface area (Å²) in [6, 6.07) is 13.9. The summed E-state index contributed by atoms with van der Waals surface area (Å²) in [6.45, 7) is 2.65. The smallest absolute Gasteiger partial charge is 0.255 e. The largest absolute Gasteiger partial charge is 0.384 e. The van der Waals surface area contributed by atoms with Gasteiger partial charge in [-0.25, -0.2) is 9.37 Å². The van der Waals surface area contributed by atoms with Crippen LogP contribution in [-0.2, 0) is 6.42 Å². The number of aromatic nitrogens is 2. The van der Waals surface area contributed by atoms with Gasteiger partial charge in [-0.2, -0.15) is 0 Å². The van der Waals surface area contributed by atoms with Crippen LogP contribution in [-0.4, -0.2) is 27.3 Å². The molecule has 1 amide bonds. The van der Waals surface area contributed by atoms with Crippen LogP contribution in [0.3, 0.4) is 0 Å². The van der Waals surface area contributed by atoms with Gasteiger partial charge in [0.1, 0.15) is 11.6 Å². The van der Waals surface area contributed by atoms with Crippen molar-refractivity contribution >= 4 is 11.7 Å². The SMILES string of the molecule is Cc1cc(Cc2ccc(F)cc2)cc(C2CCCN2C(=O)c2ccc(N)nc2)n1. The number of amides is 1. The summed E-state index contributed by atoms with van der Waals surface area (Å²) in [5.74, 6) is 0.103. The van der Waals surface area contributed by atoms with E-state index in [-0.39, 0.29) is 17.8 Å². The summed E-state index contributed by atoms with van der Waals surface area (Å²) in [4.78, 5) is 23.6. The van der Waals surface area contributed by atoms with Crippen LogP contribution in [0.15, 0.2) is 54.7 Å². The molecule has 1 aliphatic heterocycles. The Morgan fingerprint density at radius 1 is 1.17 bits per heavy atom. The molecule has 0 radical (unpaired) electrons. The van der Waals surface area contributed by atoms with Crippen molar-refractivity contribution in [3.63, 3.8) is 0 Å². The second-order valence-electron chi connectivity index (χ2n) is 7.47. The van der Waals surface area contributed by atoms with Crippen molar-refractivity contribution < 1.29 is 9.18 Å². The maximum atomic E-state index is 13.2. The molecule has 4 rings (SSSR count). The maximum Gasteiger partial charge on any atom is 0.255 e. The molecule has 0 aliphatic carbocycles. The fourth-order valence-corrected chi connectivity index (χ4v) is 3.89. The Hall–Kier alpha value is -3.28. The number of carbonyl (C=O) groups is 1. The van der Waals surface area contributed by atoms with Crippen LogP contribution in [0, 0.1) is 12.7 Å². The number of rotatable bonds is 4. The van der Waals surface area contributed by atoms with Gasteiger partial charge in [0.2, 0.25) is 0 Å². The normalized spacial score (nSPS) is 16.2. The van der Waals surface area contributed by atoms with Gasteiger partial charge >= 0.3 is 0 Å². The Morgan fingerprint density at radius 2 is 1.97 bits per heavy atom. The molecule has 1 saturated heterocycles. The van der Waals surface area contributed by atoms with Crippen molar-refractivity contribution in [2.45, 2.75) is 32.2 Å². The molecule has 1 fully saturated rings. The highest BCUT2D eigenvalue weighted by Crippen LogP contribution is 2.33. The lowest BCUT2D eigenvalue weighted by molar-refractivity contribution is 0.0732. The van der Waals surface area contributed by atoms with Gasteiger partial charge in [0.25, 0.3) is 5.91 Å². The Morgan fingerprint density at radius 3 is 2.69 bits per heavy atom. The van der Waals surface area contributed by atoms with Gasteiger partial charge in [-0.05, 0) is 73.7 Å². The molecule has 1 aromatic carbocycles. The van der Waals surface area contributed by atoms with Crippen LogP contribution in [0.25, 0.3) is 0 Å². The number of pyridine rings is 2. The second kappa shape index (κ2) is 7.99. The summed E-state index contributed by atoms with van der Waals surface area (Å²) in [7, 11) is 0. The number of hydrogen-bond donors (Lipinski definition) is 1. The fourth-order valence-electron chi connectivity index (χ4n) is 3.89. The number of halogens is 1. The van der Waals surface area contributed by atoms with Crippen LogP contribution in [0.1, 0.15) is 51.8 Å². The first kappa shape index (κ1) is 19.1. The molecule has 0 bridgehead atoms. The van der Waals surface area contributed by atoms with Gasteiger partial charge < -0.3 is 10.6 Å². The number of nitrogens with zero attached hydrogens (tertiary/aromatic N) is 3. The minimum absolute atomic E-state index is 0.0524. The second-order valence-corrected chi connectivity index (χ2v) is 7.47. The standard InChI is InChI=1S/C23H23FN4O/c1-15-11-17(12-16-4-7-19(24)8-5-16)13-20(27-15)21-3-2-10-28(21)23(29)18-6-9-22(25)26-14-18/h4-9,11,13-14,21H,2-3,10,12H2,1H3,(H2,25,26). The molecule has 3 aromatic rings. The van der Waals surface area contributed by atoms with Crippen molar-refractivity contribution in [1.82, 2.24) is 14.9 Å². The highest BCUT2D eigenvalue weighted by atomic mass is 19.1. The van der Waals surface area contributed by atoms with Crippen molar-refractivity contribution in [2.24, 2.45) is 0 Å². The maximum absolute atomic E-state index is 13.2. The number of likely N-dealkylation sites (tertiary alicyclic amines) is 1. The summed E-state index contributed by atoms with van der Waals surface area (Å²) < 4.78 is 13.2. The zero-order valence-electron chi connectivity index (χ0n) is 16.3. The van der Waals surface area contributed by atoms with Gasteiger partial charge in [0.05, 0.1) is 17.3 Å². The fraction of sp³-hybridized carbons (Fsp3) is 0.261. The number of carbonyl (C=O) groups excluding carboxylic acids is 1. The molecule has 5 nitrogen and oxygen atoms in total. The van der Waals surface area contributed by atoms with Crippen molar-refractivity contribution in [2.75, 3.05) is 12.3 Å². The molecule has 29 heavy (non-hydrogen) atoms. The first-order valence-electron chi connectivity index (χ1n) is 9.74. The summed E-state index contributed by atoms with van der Waals surface area (Å²) in [6.07, 6.45) is 4.03. The highest BCUT2D eigenvalue weighted by molar-refractivity contribution is 5.94. The number of hydrogen-bond acceptors (Lipinski definition) is 4. The van der Waals surface area contributed by atoms with Crippen LogP contribution in [0.4, 0.5) is 10.2 Å². The number of anilines is 1. The third-order valence-corrected chi connectivity index (χ3v) is 5.24. The number of benzene rings is 1. The van der Waals surface area contributed by atoms with E-state index in [2.05, 4.69) is 11.1 Å². The Bertz CT molecular complexity index is 1020. The Kier molecular flexibility index (Phi) is 5.25. The van der Waals surface area contributed by atoms with Crippen molar-refractivity contribution in [3.05, 3.63) is 88.6 Å².